The highest BCUT2D eigenvalue weighted by Crippen LogP contribution is 2.41. The Balaban J connectivity index is 0.951. The Labute approximate surface area is 481 Å². The minimum atomic E-state index is -0.778. The zero-order chi connectivity index (χ0) is 59.2. The fourth-order valence-electron chi connectivity index (χ4n) is 10.3. The number of carbonyl (C=O) groups excluding carboxylic acids is 4. The zero-order valence-electron chi connectivity index (χ0n) is 50.5. The fourth-order valence-corrected chi connectivity index (χ4v) is 10.3. The van der Waals surface area contributed by atoms with E-state index >= 15 is 0 Å². The maximum atomic E-state index is 14.3. The average molecular weight is 1090 g/mol. The minimum absolute atomic E-state index is 0.0299. The Bertz CT molecular complexity index is 3410. The predicted molar refractivity (Wildman–Crippen MR) is 325 cm³/mol. The first-order chi connectivity index (χ1) is 38.3. The molecule has 9 nitrogen and oxygen atoms in total. The van der Waals surface area contributed by atoms with Crippen LogP contribution in [0.1, 0.15) is 195 Å². The van der Waals surface area contributed by atoms with E-state index in [1.807, 2.05) is 77.9 Å². The van der Waals surface area contributed by atoms with E-state index in [0.29, 0.717) is 63.8 Å². The van der Waals surface area contributed by atoms with Crippen molar-refractivity contribution in [2.24, 2.45) is 11.8 Å². The number of carbonyl (C=O) groups is 4. The molecule has 7 rings (SSSR count). The Kier molecular flexibility index (Phi) is 18.7. The van der Waals surface area contributed by atoms with Crippen LogP contribution in [0.3, 0.4) is 0 Å². The van der Waals surface area contributed by atoms with E-state index in [0.717, 1.165) is 57.5 Å². The molecule has 9 heteroatoms. The first-order valence-corrected chi connectivity index (χ1v) is 28.6. The van der Waals surface area contributed by atoms with Gasteiger partial charge in [0.2, 0.25) is 0 Å². The number of esters is 2. The molecule has 0 spiro atoms. The predicted octanol–water partition coefficient (Wildman–Crippen LogP) is 18.1. The van der Waals surface area contributed by atoms with Gasteiger partial charge in [0.15, 0.2) is 11.6 Å². The number of Topliss-reactive ketones (excluding diaryl/α,β-unsaturated/α-hetero) is 2. The molecule has 0 fully saturated rings. The van der Waals surface area contributed by atoms with Gasteiger partial charge in [-0.3, -0.25) is 9.59 Å². The lowest BCUT2D eigenvalue weighted by molar-refractivity contribution is 0.0104. The Morgan fingerprint density at radius 2 is 0.790 bits per heavy atom. The number of ketones is 2. The number of aryl methyl sites for hydroxylation is 4. The maximum Gasteiger partial charge on any atom is 0.343 e. The molecule has 0 aromatic heterocycles. The molecule has 7 aromatic carbocycles. The summed E-state index contributed by atoms with van der Waals surface area (Å²) >= 11 is 0. The molecule has 1 unspecified atom stereocenters. The second kappa shape index (κ2) is 24.9. The van der Waals surface area contributed by atoms with E-state index in [1.165, 1.54) is 5.56 Å². The van der Waals surface area contributed by atoms with Crippen LogP contribution >= 0.6 is 0 Å². The van der Waals surface area contributed by atoms with Crippen LogP contribution in [-0.2, 0) is 10.8 Å². The summed E-state index contributed by atoms with van der Waals surface area (Å²) < 4.78 is 31.3. The summed E-state index contributed by atoms with van der Waals surface area (Å²) in [7, 11) is 0. The van der Waals surface area contributed by atoms with Crippen LogP contribution in [0.25, 0.3) is 0 Å². The normalized spacial score (nSPS) is 12.4. The van der Waals surface area contributed by atoms with Crippen molar-refractivity contribution in [2.75, 3.05) is 0 Å². The Hall–Kier alpha value is -7.78. The van der Waals surface area contributed by atoms with Crippen molar-refractivity contribution in [1.29, 1.82) is 0 Å². The highest BCUT2D eigenvalue weighted by atomic mass is 16.5. The van der Waals surface area contributed by atoms with Crippen molar-refractivity contribution < 1.29 is 42.9 Å². The summed E-state index contributed by atoms with van der Waals surface area (Å²) in [6.45, 7) is 32.9. The molecule has 0 aliphatic carbocycles. The van der Waals surface area contributed by atoms with Crippen LogP contribution in [-0.4, -0.2) is 34.7 Å². The summed E-state index contributed by atoms with van der Waals surface area (Å²) in [5.41, 5.74) is 8.12. The highest BCUT2D eigenvalue weighted by Gasteiger charge is 2.40. The van der Waals surface area contributed by atoms with Gasteiger partial charge in [0, 0.05) is 27.9 Å². The molecule has 0 aliphatic rings. The summed E-state index contributed by atoms with van der Waals surface area (Å²) in [5, 5.41) is 0. The van der Waals surface area contributed by atoms with E-state index < -0.39 is 28.9 Å². The van der Waals surface area contributed by atoms with Crippen molar-refractivity contribution in [3.63, 3.8) is 0 Å². The largest absolute Gasteiger partial charge is 0.487 e. The SMILES string of the molecule is CCC(C)(CC)Oc1ccc(C(C)(C)c2ccc(OC(=O)c3ccc(Oc4ccc(C(=O)C(C)C(CC)(CC)Oc5ccc(C(C)(C)c6ccc(OC(=O)c7cccc(C(=O)C(C)C)c7)c(C)c6)cc5C)cc4)cc3)c(C)c2)cc1C. The van der Waals surface area contributed by atoms with Crippen molar-refractivity contribution in [1.82, 2.24) is 0 Å². The van der Waals surface area contributed by atoms with Gasteiger partial charge in [-0.2, -0.15) is 0 Å². The third-order valence-corrected chi connectivity index (χ3v) is 16.9. The quantitative estimate of drug-likeness (QED) is 0.0351. The molecule has 0 saturated carbocycles. The van der Waals surface area contributed by atoms with E-state index in [4.69, 9.17) is 23.7 Å². The molecule has 424 valence electrons. The van der Waals surface area contributed by atoms with Gasteiger partial charge in [-0.25, -0.2) is 9.59 Å². The number of hydrogen-bond donors (Lipinski definition) is 0. The zero-order valence-corrected chi connectivity index (χ0v) is 50.5. The number of benzene rings is 7. The third kappa shape index (κ3) is 13.5. The molecule has 0 aliphatic heterocycles. The van der Waals surface area contributed by atoms with Gasteiger partial charge >= 0.3 is 11.9 Å². The van der Waals surface area contributed by atoms with Crippen LogP contribution in [0.15, 0.2) is 146 Å². The van der Waals surface area contributed by atoms with Gasteiger partial charge in [-0.1, -0.05) is 137 Å². The topological polar surface area (TPSA) is 114 Å². The van der Waals surface area contributed by atoms with E-state index in [2.05, 4.69) is 106 Å². The molecule has 0 amide bonds. The van der Waals surface area contributed by atoms with Crippen LogP contribution in [0.4, 0.5) is 0 Å². The van der Waals surface area contributed by atoms with Crippen LogP contribution in [0, 0.1) is 39.5 Å². The fraction of sp³-hybridized carbons (Fsp3) is 0.361. The summed E-state index contributed by atoms with van der Waals surface area (Å²) in [5.74, 6) is 1.92. The standard InChI is InChI=1S/C72H82O9/c1-17-71(16,18-2)80-63-38-30-57(42-48(63)9)69(12,13)55-28-36-61(46(7)40-55)78-67(75)52-26-34-60(35-27-52)77-59-32-24-51(25-33-59)66(74)50(11)72(19-3,20-4)81-64-39-31-58(43-49(64)10)70(14,15)56-29-37-62(47(8)41-56)79-68(76)54-23-21-22-53(44-54)65(73)45(5)6/h21-45,50H,17-20H2,1-16H3. The van der Waals surface area contributed by atoms with Crippen LogP contribution in [0.2, 0.25) is 0 Å². The molecule has 7 aromatic rings. The molecule has 0 bridgehead atoms. The molecule has 0 radical (unpaired) electrons. The summed E-state index contributed by atoms with van der Waals surface area (Å²) in [6.07, 6.45) is 3.08. The van der Waals surface area contributed by atoms with Crippen LogP contribution in [0.5, 0.6) is 34.5 Å². The monoisotopic (exact) mass is 1090 g/mol. The van der Waals surface area contributed by atoms with Crippen molar-refractivity contribution >= 4 is 23.5 Å². The third-order valence-electron chi connectivity index (χ3n) is 16.9. The summed E-state index contributed by atoms with van der Waals surface area (Å²) in [6, 6.07) is 45.1. The molecular weight excluding hydrogens is 1010 g/mol. The lowest BCUT2D eigenvalue weighted by Gasteiger charge is -2.38. The lowest BCUT2D eigenvalue weighted by atomic mass is 9.77. The van der Waals surface area contributed by atoms with Gasteiger partial charge in [0.25, 0.3) is 0 Å². The van der Waals surface area contributed by atoms with Crippen molar-refractivity contribution in [3.8, 4) is 34.5 Å². The number of rotatable bonds is 23. The number of ether oxygens (including phenoxy) is 5. The maximum absolute atomic E-state index is 14.3. The molecule has 0 heterocycles. The smallest absolute Gasteiger partial charge is 0.343 e. The van der Waals surface area contributed by atoms with E-state index in [9.17, 15) is 19.2 Å². The average Bonchev–Trinajstić information content (AvgIpc) is 3.65. The first kappa shape index (κ1) is 60.9. The van der Waals surface area contributed by atoms with Gasteiger partial charge in [0.1, 0.15) is 45.7 Å². The highest BCUT2D eigenvalue weighted by molar-refractivity contribution is 6.00. The van der Waals surface area contributed by atoms with Crippen LogP contribution < -0.4 is 23.7 Å². The molecule has 81 heavy (non-hydrogen) atoms. The van der Waals surface area contributed by atoms with Crippen molar-refractivity contribution in [2.45, 2.75) is 158 Å². The minimum Gasteiger partial charge on any atom is -0.487 e. The van der Waals surface area contributed by atoms with Crippen molar-refractivity contribution in [3.05, 3.63) is 212 Å². The summed E-state index contributed by atoms with van der Waals surface area (Å²) in [4.78, 5) is 53.5. The molecule has 1 atom stereocenters. The van der Waals surface area contributed by atoms with Gasteiger partial charge in [0.05, 0.1) is 17.0 Å². The van der Waals surface area contributed by atoms with Gasteiger partial charge < -0.3 is 23.7 Å². The lowest BCUT2D eigenvalue weighted by Crippen LogP contribution is -2.45. The van der Waals surface area contributed by atoms with Gasteiger partial charge in [-0.05, 0) is 190 Å². The second-order valence-corrected chi connectivity index (χ2v) is 23.4. The van der Waals surface area contributed by atoms with E-state index in [-0.39, 0.29) is 28.5 Å². The molecular formula is C72H82O9. The number of hydrogen-bond acceptors (Lipinski definition) is 9. The van der Waals surface area contributed by atoms with E-state index in [1.54, 1.807) is 72.8 Å². The first-order valence-electron chi connectivity index (χ1n) is 28.6. The molecule has 0 N–H and O–H groups in total. The van der Waals surface area contributed by atoms with Gasteiger partial charge in [-0.15, -0.1) is 0 Å². The second-order valence-electron chi connectivity index (χ2n) is 23.4. The Morgan fingerprint density at radius 1 is 0.407 bits per heavy atom. The Morgan fingerprint density at radius 3 is 1.19 bits per heavy atom. The molecule has 0 saturated heterocycles.